The minimum atomic E-state index is -2.75. The van der Waals surface area contributed by atoms with E-state index in [1.807, 2.05) is 28.8 Å². The number of H-pyrrole nitrogens is 1. The number of amides is 1. The molecule has 0 unspecified atom stereocenters. The molecule has 1 saturated carbocycles. The Morgan fingerprint density at radius 3 is 2.73 bits per heavy atom. The number of carbonyl (C=O) groups is 1. The van der Waals surface area contributed by atoms with E-state index in [9.17, 15) is 18.7 Å². The number of pyridine rings is 1. The Bertz CT molecular complexity index is 1360. The summed E-state index contributed by atoms with van der Waals surface area (Å²) in [6.45, 7) is -2.75. The molecule has 2 N–H and O–H groups in total. The summed E-state index contributed by atoms with van der Waals surface area (Å²) in [5.41, 5.74) is 3.27. The van der Waals surface area contributed by atoms with Gasteiger partial charge in [-0.2, -0.15) is 18.9 Å². The number of hydrogen-bond acceptors (Lipinski definition) is 4. The Hall–Kier alpha value is -3.66. The van der Waals surface area contributed by atoms with Crippen LogP contribution in [-0.2, 0) is 0 Å². The molecular formula is C23H22F2N6O2. The van der Waals surface area contributed by atoms with E-state index in [4.69, 9.17) is 0 Å². The third-order valence-corrected chi connectivity index (χ3v) is 5.98. The second kappa shape index (κ2) is 8.70. The number of hydrogen-bond donors (Lipinski definition) is 2. The number of imidazole rings is 1. The number of para-hydroxylation sites is 2. The van der Waals surface area contributed by atoms with Gasteiger partial charge < -0.3 is 14.7 Å². The SMILES string of the molecule is O=C(/N=c1\[nH]c2ccccc2n1[C@H]1CC[C@@H](O)CC1)c1ccnc(-c2cnn(C(F)F)c2)c1. The lowest BCUT2D eigenvalue weighted by Crippen LogP contribution is -2.29. The Balaban J connectivity index is 1.52. The average molecular weight is 452 g/mol. The predicted molar refractivity (Wildman–Crippen MR) is 116 cm³/mol. The first kappa shape index (κ1) is 21.2. The molecule has 1 aromatic carbocycles. The number of carbonyl (C=O) groups excluding carboxylic acids is 1. The van der Waals surface area contributed by atoms with Crippen LogP contribution in [0.25, 0.3) is 22.3 Å². The second-order valence-corrected chi connectivity index (χ2v) is 8.13. The first-order chi connectivity index (χ1) is 16.0. The highest BCUT2D eigenvalue weighted by Gasteiger charge is 2.23. The maximum Gasteiger partial charge on any atom is 0.333 e. The fraction of sp³-hybridized carbons (Fsp3) is 0.304. The summed E-state index contributed by atoms with van der Waals surface area (Å²) in [6, 6.07) is 10.9. The van der Waals surface area contributed by atoms with Gasteiger partial charge in [-0.25, -0.2) is 4.68 Å². The van der Waals surface area contributed by atoms with Gasteiger partial charge in [0.05, 0.1) is 29.0 Å². The maximum atomic E-state index is 13.1. The Kier molecular flexibility index (Phi) is 5.59. The summed E-state index contributed by atoms with van der Waals surface area (Å²) >= 11 is 0. The summed E-state index contributed by atoms with van der Waals surface area (Å²) < 4.78 is 28.2. The lowest BCUT2D eigenvalue weighted by molar-refractivity contribution is 0.0566. The molecule has 0 saturated heterocycles. The number of nitrogens with one attached hydrogen (secondary N) is 1. The molecule has 3 aromatic heterocycles. The van der Waals surface area contributed by atoms with Crippen LogP contribution >= 0.6 is 0 Å². The van der Waals surface area contributed by atoms with Crippen molar-refractivity contribution in [1.29, 1.82) is 0 Å². The van der Waals surface area contributed by atoms with E-state index in [1.54, 1.807) is 0 Å². The highest BCUT2D eigenvalue weighted by molar-refractivity contribution is 5.95. The molecule has 0 spiro atoms. The number of fused-ring (bicyclic) bond motifs is 1. The molecule has 4 aromatic rings. The number of alkyl halides is 2. The summed E-state index contributed by atoms with van der Waals surface area (Å²) in [7, 11) is 0. The first-order valence-corrected chi connectivity index (χ1v) is 10.7. The number of nitrogens with zero attached hydrogens (tertiary/aromatic N) is 5. The van der Waals surface area contributed by atoms with Crippen LogP contribution in [0.1, 0.15) is 48.6 Å². The maximum absolute atomic E-state index is 13.1. The number of benzene rings is 1. The topological polar surface area (TPSA) is 101 Å². The standard InChI is InChI=1S/C23H22F2N6O2/c24-22(25)30-13-15(12-27-30)19-11-14(9-10-26-19)21(33)29-23-28-18-3-1-2-4-20(18)31(23)16-5-7-17(32)8-6-16/h1-4,9-13,16-17,22,32H,5-8H2,(H,28,29,33)/t16-,17+. The van der Waals surface area contributed by atoms with Crippen LogP contribution in [0.2, 0.25) is 0 Å². The lowest BCUT2D eigenvalue weighted by Gasteiger charge is -2.27. The van der Waals surface area contributed by atoms with Crippen LogP contribution in [0.3, 0.4) is 0 Å². The Morgan fingerprint density at radius 1 is 1.18 bits per heavy atom. The van der Waals surface area contributed by atoms with E-state index < -0.39 is 12.5 Å². The Morgan fingerprint density at radius 2 is 1.97 bits per heavy atom. The third-order valence-electron chi connectivity index (χ3n) is 5.98. The molecule has 1 fully saturated rings. The summed E-state index contributed by atoms with van der Waals surface area (Å²) in [4.78, 5) is 24.8. The van der Waals surface area contributed by atoms with E-state index in [0.717, 1.165) is 23.9 Å². The van der Waals surface area contributed by atoms with Gasteiger partial charge >= 0.3 is 6.55 Å². The molecule has 1 aliphatic rings. The van der Waals surface area contributed by atoms with Crippen molar-refractivity contribution in [3.05, 3.63) is 66.2 Å². The van der Waals surface area contributed by atoms with E-state index >= 15 is 0 Å². The molecule has 1 amide bonds. The van der Waals surface area contributed by atoms with Gasteiger partial charge in [-0.1, -0.05) is 12.1 Å². The molecule has 0 aliphatic heterocycles. The van der Waals surface area contributed by atoms with Crippen molar-refractivity contribution >= 4 is 16.9 Å². The van der Waals surface area contributed by atoms with Crippen LogP contribution in [0.4, 0.5) is 8.78 Å². The molecule has 5 rings (SSSR count). The number of aromatic nitrogens is 5. The van der Waals surface area contributed by atoms with Crippen molar-refractivity contribution < 1.29 is 18.7 Å². The van der Waals surface area contributed by atoms with Crippen molar-refractivity contribution in [1.82, 2.24) is 24.3 Å². The summed E-state index contributed by atoms with van der Waals surface area (Å²) in [5.74, 6) is -0.476. The largest absolute Gasteiger partial charge is 0.393 e. The fourth-order valence-electron chi connectivity index (χ4n) is 4.31. The van der Waals surface area contributed by atoms with Crippen LogP contribution in [0.15, 0.2) is 60.0 Å². The molecule has 3 heterocycles. The average Bonchev–Trinajstić information content (AvgIpc) is 3.45. The normalized spacial score (nSPS) is 19.5. The second-order valence-electron chi connectivity index (χ2n) is 8.13. The van der Waals surface area contributed by atoms with Gasteiger partial charge in [0.2, 0.25) is 5.62 Å². The summed E-state index contributed by atoms with van der Waals surface area (Å²) in [6.07, 6.45) is 6.59. The van der Waals surface area contributed by atoms with Crippen LogP contribution in [-0.4, -0.2) is 41.4 Å². The number of aliphatic hydroxyl groups is 1. The van der Waals surface area contributed by atoms with Gasteiger partial charge in [0.1, 0.15) is 0 Å². The van der Waals surface area contributed by atoms with Gasteiger partial charge in [-0.15, -0.1) is 0 Å². The zero-order valence-corrected chi connectivity index (χ0v) is 17.6. The number of rotatable bonds is 4. The molecule has 0 atom stereocenters. The third kappa shape index (κ3) is 4.21. The molecule has 0 radical (unpaired) electrons. The van der Waals surface area contributed by atoms with Crippen molar-refractivity contribution in [3.63, 3.8) is 0 Å². The van der Waals surface area contributed by atoms with E-state index in [0.29, 0.717) is 34.4 Å². The molecule has 33 heavy (non-hydrogen) atoms. The van der Waals surface area contributed by atoms with Crippen molar-refractivity contribution in [2.45, 2.75) is 44.4 Å². The van der Waals surface area contributed by atoms with Gasteiger partial charge in [0.15, 0.2) is 0 Å². The van der Waals surface area contributed by atoms with Gasteiger partial charge in [-0.3, -0.25) is 9.78 Å². The minimum Gasteiger partial charge on any atom is -0.393 e. The molecule has 1 aliphatic carbocycles. The zero-order chi connectivity index (χ0) is 22.9. The van der Waals surface area contributed by atoms with E-state index in [-0.39, 0.29) is 17.7 Å². The highest BCUT2D eigenvalue weighted by Crippen LogP contribution is 2.29. The quantitative estimate of drug-likeness (QED) is 0.491. The first-order valence-electron chi connectivity index (χ1n) is 10.7. The summed E-state index contributed by atoms with van der Waals surface area (Å²) in [5, 5.41) is 13.5. The molecule has 0 bridgehead atoms. The fourth-order valence-corrected chi connectivity index (χ4v) is 4.31. The van der Waals surface area contributed by atoms with Crippen molar-refractivity contribution in [2.75, 3.05) is 0 Å². The molecular weight excluding hydrogens is 430 g/mol. The number of aromatic amines is 1. The minimum absolute atomic E-state index is 0.115. The molecule has 170 valence electrons. The Labute approximate surface area is 187 Å². The number of halogens is 2. The zero-order valence-electron chi connectivity index (χ0n) is 17.6. The van der Waals surface area contributed by atoms with Crippen LogP contribution in [0, 0.1) is 0 Å². The number of aliphatic hydroxyl groups excluding tert-OH is 1. The lowest BCUT2D eigenvalue weighted by atomic mass is 9.93. The highest BCUT2D eigenvalue weighted by atomic mass is 19.3. The van der Waals surface area contributed by atoms with Crippen molar-refractivity contribution in [2.24, 2.45) is 4.99 Å². The van der Waals surface area contributed by atoms with Crippen molar-refractivity contribution in [3.8, 4) is 11.3 Å². The van der Waals surface area contributed by atoms with E-state index in [2.05, 4.69) is 20.1 Å². The van der Waals surface area contributed by atoms with Gasteiger partial charge in [-0.05, 0) is 49.9 Å². The molecule has 10 heteroatoms. The van der Waals surface area contributed by atoms with Gasteiger partial charge in [0.25, 0.3) is 5.91 Å². The molecule has 8 nitrogen and oxygen atoms in total. The smallest absolute Gasteiger partial charge is 0.333 e. The monoisotopic (exact) mass is 452 g/mol. The van der Waals surface area contributed by atoms with Gasteiger partial charge in [0, 0.05) is 29.6 Å². The van der Waals surface area contributed by atoms with E-state index in [1.165, 1.54) is 30.7 Å². The van der Waals surface area contributed by atoms with Crippen LogP contribution in [0.5, 0.6) is 0 Å². The van der Waals surface area contributed by atoms with Crippen LogP contribution < -0.4 is 5.62 Å². The predicted octanol–water partition coefficient (Wildman–Crippen LogP) is 3.84.